The molecule has 3 heteroatoms. The molecule has 2 N–H and O–H groups in total. The minimum atomic E-state index is 0.0141. The standard InChI is InChI=1S/C12H17NO2/c1-7-10(6-13)15-9-5-12(2,3)4-8(14)11(7)9/h4-6,13H2,1-3H3. The molecule has 1 heterocycles. The van der Waals surface area contributed by atoms with Gasteiger partial charge >= 0.3 is 0 Å². The van der Waals surface area contributed by atoms with Crippen LogP contribution in [-0.4, -0.2) is 5.78 Å². The lowest BCUT2D eigenvalue weighted by atomic mass is 9.76. The summed E-state index contributed by atoms with van der Waals surface area (Å²) in [7, 11) is 0. The number of fused-ring (bicyclic) bond motifs is 1. The van der Waals surface area contributed by atoms with Gasteiger partial charge in [0.2, 0.25) is 0 Å². The molecule has 1 aliphatic rings. The molecule has 1 aromatic heterocycles. The third-order valence-corrected chi connectivity index (χ3v) is 3.06. The lowest BCUT2D eigenvalue weighted by Gasteiger charge is -2.27. The van der Waals surface area contributed by atoms with Gasteiger partial charge in [0.25, 0.3) is 0 Å². The van der Waals surface area contributed by atoms with E-state index < -0.39 is 0 Å². The second kappa shape index (κ2) is 3.20. The predicted octanol–water partition coefficient (Wildman–Crippen LogP) is 2.20. The highest BCUT2D eigenvalue weighted by molar-refractivity contribution is 6.00. The van der Waals surface area contributed by atoms with Gasteiger partial charge in [-0.3, -0.25) is 4.79 Å². The second-order valence-electron chi connectivity index (χ2n) is 5.09. The third kappa shape index (κ3) is 1.61. The van der Waals surface area contributed by atoms with Gasteiger partial charge in [0.05, 0.1) is 12.1 Å². The van der Waals surface area contributed by atoms with Crippen molar-refractivity contribution in [2.75, 3.05) is 0 Å². The Bertz CT molecular complexity index is 416. The molecule has 15 heavy (non-hydrogen) atoms. The van der Waals surface area contributed by atoms with Crippen LogP contribution in [0.3, 0.4) is 0 Å². The van der Waals surface area contributed by atoms with Crippen molar-refractivity contribution in [3.05, 3.63) is 22.6 Å². The molecule has 82 valence electrons. The first-order chi connectivity index (χ1) is 6.94. The quantitative estimate of drug-likeness (QED) is 0.768. The number of furan rings is 1. The molecule has 2 rings (SSSR count). The van der Waals surface area contributed by atoms with E-state index in [1.807, 2.05) is 6.92 Å². The number of rotatable bonds is 1. The van der Waals surface area contributed by atoms with Crippen LogP contribution in [0.1, 0.15) is 47.7 Å². The Balaban J connectivity index is 2.53. The summed E-state index contributed by atoms with van der Waals surface area (Å²) in [5.41, 5.74) is 7.31. The van der Waals surface area contributed by atoms with Gasteiger partial charge in [-0.25, -0.2) is 0 Å². The number of carbonyl (C=O) groups excluding carboxylic acids is 1. The maximum absolute atomic E-state index is 12.0. The van der Waals surface area contributed by atoms with Gasteiger partial charge in [-0.05, 0) is 12.3 Å². The summed E-state index contributed by atoms with van der Waals surface area (Å²) in [6.07, 6.45) is 1.43. The summed E-state index contributed by atoms with van der Waals surface area (Å²) in [5.74, 6) is 1.78. The Morgan fingerprint density at radius 2 is 2.07 bits per heavy atom. The highest BCUT2D eigenvalue weighted by Crippen LogP contribution is 2.38. The van der Waals surface area contributed by atoms with E-state index in [4.69, 9.17) is 10.2 Å². The van der Waals surface area contributed by atoms with Crippen LogP contribution in [0.2, 0.25) is 0 Å². The molecule has 0 aliphatic heterocycles. The van der Waals surface area contributed by atoms with Crippen LogP contribution in [0.25, 0.3) is 0 Å². The van der Waals surface area contributed by atoms with E-state index in [1.54, 1.807) is 0 Å². The van der Waals surface area contributed by atoms with Gasteiger partial charge in [0, 0.05) is 18.4 Å². The molecule has 3 nitrogen and oxygen atoms in total. The average Bonchev–Trinajstić information content (AvgIpc) is 2.40. The summed E-state index contributed by atoms with van der Waals surface area (Å²) < 4.78 is 5.65. The molecule has 0 fully saturated rings. The number of hydrogen-bond donors (Lipinski definition) is 1. The molecule has 0 amide bonds. The van der Waals surface area contributed by atoms with Crippen molar-refractivity contribution in [3.63, 3.8) is 0 Å². The Hall–Kier alpha value is -1.09. The molecule has 0 unspecified atom stereocenters. The summed E-state index contributed by atoms with van der Waals surface area (Å²) >= 11 is 0. The molecule has 0 aromatic carbocycles. The molecule has 0 saturated heterocycles. The molecule has 1 aliphatic carbocycles. The number of carbonyl (C=O) groups is 1. The zero-order chi connectivity index (χ0) is 11.2. The summed E-state index contributed by atoms with van der Waals surface area (Å²) in [6, 6.07) is 0. The molecule has 0 saturated carbocycles. The lowest BCUT2D eigenvalue weighted by Crippen LogP contribution is -2.26. The first-order valence-electron chi connectivity index (χ1n) is 5.29. The van der Waals surface area contributed by atoms with Crippen molar-refractivity contribution < 1.29 is 9.21 Å². The van der Waals surface area contributed by atoms with Crippen molar-refractivity contribution in [2.24, 2.45) is 11.1 Å². The number of ketones is 1. The van der Waals surface area contributed by atoms with E-state index in [0.717, 1.165) is 29.1 Å². The first kappa shape index (κ1) is 10.4. The minimum absolute atomic E-state index is 0.0141. The molecule has 0 radical (unpaired) electrons. The van der Waals surface area contributed by atoms with E-state index in [2.05, 4.69) is 13.8 Å². The van der Waals surface area contributed by atoms with Crippen LogP contribution in [0, 0.1) is 12.3 Å². The molecule has 0 bridgehead atoms. The van der Waals surface area contributed by atoms with E-state index in [9.17, 15) is 4.79 Å². The number of Topliss-reactive ketones (excluding diaryl/α,β-unsaturated/α-hetero) is 1. The lowest BCUT2D eigenvalue weighted by molar-refractivity contribution is 0.0903. The monoisotopic (exact) mass is 207 g/mol. The van der Waals surface area contributed by atoms with Crippen LogP contribution in [0.4, 0.5) is 0 Å². The maximum atomic E-state index is 12.0. The summed E-state index contributed by atoms with van der Waals surface area (Å²) in [5, 5.41) is 0. The van der Waals surface area contributed by atoms with E-state index in [1.165, 1.54) is 0 Å². The van der Waals surface area contributed by atoms with Gasteiger partial charge < -0.3 is 10.2 Å². The van der Waals surface area contributed by atoms with Crippen molar-refractivity contribution in [1.29, 1.82) is 0 Å². The Labute approximate surface area is 89.6 Å². The highest BCUT2D eigenvalue weighted by Gasteiger charge is 2.35. The number of hydrogen-bond acceptors (Lipinski definition) is 3. The molecule has 1 aromatic rings. The van der Waals surface area contributed by atoms with E-state index in [-0.39, 0.29) is 11.2 Å². The van der Waals surface area contributed by atoms with Crippen LogP contribution in [0.15, 0.2) is 4.42 Å². The van der Waals surface area contributed by atoms with Crippen molar-refractivity contribution in [3.8, 4) is 0 Å². The normalized spacial score (nSPS) is 19.1. The minimum Gasteiger partial charge on any atom is -0.464 e. The fraction of sp³-hybridized carbons (Fsp3) is 0.583. The predicted molar refractivity (Wildman–Crippen MR) is 57.8 cm³/mol. The molecular formula is C12H17NO2. The van der Waals surface area contributed by atoms with Gasteiger partial charge in [-0.1, -0.05) is 13.8 Å². The Morgan fingerprint density at radius 1 is 1.40 bits per heavy atom. The number of nitrogens with two attached hydrogens (primary N) is 1. The zero-order valence-corrected chi connectivity index (χ0v) is 9.52. The van der Waals surface area contributed by atoms with Crippen LogP contribution in [0.5, 0.6) is 0 Å². The molecule has 0 spiro atoms. The average molecular weight is 207 g/mol. The van der Waals surface area contributed by atoms with Crippen LogP contribution < -0.4 is 5.73 Å². The SMILES string of the molecule is Cc1c(CN)oc2c1C(=O)CC(C)(C)C2. The highest BCUT2D eigenvalue weighted by atomic mass is 16.3. The van der Waals surface area contributed by atoms with E-state index in [0.29, 0.717) is 13.0 Å². The van der Waals surface area contributed by atoms with Gasteiger partial charge in [0.15, 0.2) is 5.78 Å². The van der Waals surface area contributed by atoms with Crippen molar-refractivity contribution in [1.82, 2.24) is 0 Å². The summed E-state index contributed by atoms with van der Waals surface area (Å²) in [4.78, 5) is 12.0. The maximum Gasteiger partial charge on any atom is 0.167 e. The van der Waals surface area contributed by atoms with Crippen LogP contribution >= 0.6 is 0 Å². The Morgan fingerprint density at radius 3 is 2.67 bits per heavy atom. The van der Waals surface area contributed by atoms with Crippen LogP contribution in [-0.2, 0) is 13.0 Å². The first-order valence-corrected chi connectivity index (χ1v) is 5.29. The second-order valence-corrected chi connectivity index (χ2v) is 5.09. The molecule has 0 atom stereocenters. The fourth-order valence-electron chi connectivity index (χ4n) is 2.33. The Kier molecular flexibility index (Phi) is 2.23. The third-order valence-electron chi connectivity index (χ3n) is 3.06. The van der Waals surface area contributed by atoms with Gasteiger partial charge in [0.1, 0.15) is 11.5 Å². The summed E-state index contributed by atoms with van der Waals surface area (Å²) in [6.45, 7) is 6.47. The van der Waals surface area contributed by atoms with Crippen molar-refractivity contribution >= 4 is 5.78 Å². The molecular weight excluding hydrogens is 190 g/mol. The zero-order valence-electron chi connectivity index (χ0n) is 9.52. The fourth-order valence-corrected chi connectivity index (χ4v) is 2.33. The van der Waals surface area contributed by atoms with E-state index >= 15 is 0 Å². The van der Waals surface area contributed by atoms with Gasteiger partial charge in [-0.15, -0.1) is 0 Å². The largest absolute Gasteiger partial charge is 0.464 e. The topological polar surface area (TPSA) is 56.2 Å². The van der Waals surface area contributed by atoms with Gasteiger partial charge in [-0.2, -0.15) is 0 Å². The smallest absolute Gasteiger partial charge is 0.167 e. The van der Waals surface area contributed by atoms with Crippen molar-refractivity contribution in [2.45, 2.75) is 40.2 Å².